The van der Waals surface area contributed by atoms with Crippen LogP contribution in [-0.2, 0) is 4.79 Å². The number of aromatic nitrogens is 1. The van der Waals surface area contributed by atoms with Crippen molar-refractivity contribution in [2.75, 3.05) is 23.9 Å². The zero-order valence-corrected chi connectivity index (χ0v) is 21.2. The number of amides is 3. The number of para-hydroxylation sites is 2. The molecule has 1 atom stereocenters. The van der Waals surface area contributed by atoms with E-state index in [0.717, 1.165) is 47.6 Å². The van der Waals surface area contributed by atoms with Crippen LogP contribution >= 0.6 is 0 Å². The summed E-state index contributed by atoms with van der Waals surface area (Å²) >= 11 is 0. The normalized spacial score (nSPS) is 15.8. The van der Waals surface area contributed by atoms with Gasteiger partial charge in [-0.25, -0.2) is 13.6 Å². The van der Waals surface area contributed by atoms with E-state index in [1.807, 2.05) is 66.9 Å². The van der Waals surface area contributed by atoms with Crippen LogP contribution < -0.4 is 15.0 Å². The molecule has 0 saturated heterocycles. The Balaban J connectivity index is 1.34. The van der Waals surface area contributed by atoms with E-state index < -0.39 is 23.7 Å². The second kappa shape index (κ2) is 9.90. The molecule has 1 aliphatic carbocycles. The van der Waals surface area contributed by atoms with Gasteiger partial charge in [0.15, 0.2) is 11.6 Å². The summed E-state index contributed by atoms with van der Waals surface area (Å²) < 4.78 is 34.5. The van der Waals surface area contributed by atoms with Crippen LogP contribution in [0.15, 0.2) is 85.1 Å². The van der Waals surface area contributed by atoms with Crippen LogP contribution in [0.1, 0.15) is 30.1 Å². The topological polar surface area (TPSA) is 66.8 Å². The molecule has 7 nitrogen and oxygen atoms in total. The Morgan fingerprint density at radius 1 is 0.949 bits per heavy atom. The van der Waals surface area contributed by atoms with E-state index in [1.54, 1.807) is 12.0 Å². The van der Waals surface area contributed by atoms with Gasteiger partial charge in [0.25, 0.3) is 0 Å². The highest BCUT2D eigenvalue weighted by molar-refractivity contribution is 6.01. The largest absolute Gasteiger partial charge is 0.497 e. The van der Waals surface area contributed by atoms with E-state index in [0.29, 0.717) is 5.75 Å². The fraction of sp³-hybridized carbons (Fsp3) is 0.200. The Morgan fingerprint density at radius 2 is 1.69 bits per heavy atom. The molecule has 0 bridgehead atoms. The van der Waals surface area contributed by atoms with Crippen LogP contribution in [0, 0.1) is 11.6 Å². The zero-order chi connectivity index (χ0) is 27.1. The lowest BCUT2D eigenvalue weighted by molar-refractivity contribution is -0.119. The molecule has 6 rings (SSSR count). The van der Waals surface area contributed by atoms with Gasteiger partial charge in [0.05, 0.1) is 24.2 Å². The standard InChI is InChI=1S/C30H26F2N4O3/c1-39-22-13-8-19(9-14-22)29-27-7-4-16-34(27)25-5-2-3-6-26(25)36(29)28(37)18-35(21-11-12-21)30(38)33-20-10-15-23(31)24(32)17-20/h2-10,13-17,21,29H,11-12,18H2,1H3,(H,33,38). The molecule has 3 aromatic carbocycles. The molecule has 1 saturated carbocycles. The van der Waals surface area contributed by atoms with Gasteiger partial charge in [0.1, 0.15) is 18.3 Å². The fourth-order valence-electron chi connectivity index (χ4n) is 5.11. The smallest absolute Gasteiger partial charge is 0.322 e. The summed E-state index contributed by atoms with van der Waals surface area (Å²) in [6.07, 6.45) is 3.50. The van der Waals surface area contributed by atoms with Crippen LogP contribution in [0.2, 0.25) is 0 Å². The van der Waals surface area contributed by atoms with Gasteiger partial charge in [-0.2, -0.15) is 0 Å². The highest BCUT2D eigenvalue weighted by Gasteiger charge is 2.40. The predicted molar refractivity (Wildman–Crippen MR) is 143 cm³/mol. The summed E-state index contributed by atoms with van der Waals surface area (Å²) in [6.45, 7) is -0.179. The first-order valence-corrected chi connectivity index (χ1v) is 12.7. The van der Waals surface area contributed by atoms with Gasteiger partial charge in [-0.3, -0.25) is 9.69 Å². The Kier molecular flexibility index (Phi) is 6.26. The lowest BCUT2D eigenvalue weighted by Crippen LogP contribution is -2.48. The molecule has 2 heterocycles. The maximum atomic E-state index is 14.2. The van der Waals surface area contributed by atoms with Crippen molar-refractivity contribution in [3.05, 3.63) is 108 Å². The van der Waals surface area contributed by atoms with Crippen LogP contribution in [0.25, 0.3) is 5.69 Å². The molecule has 1 fully saturated rings. The summed E-state index contributed by atoms with van der Waals surface area (Å²) in [6, 6.07) is 21.3. The number of fused-ring (bicyclic) bond motifs is 3. The molecule has 0 radical (unpaired) electrons. The molecule has 198 valence electrons. The number of methoxy groups -OCH3 is 1. The third-order valence-electron chi connectivity index (χ3n) is 7.14. The molecule has 1 aliphatic heterocycles. The molecule has 1 unspecified atom stereocenters. The second-order valence-corrected chi connectivity index (χ2v) is 9.65. The molecule has 4 aromatic rings. The molecule has 1 N–H and O–H groups in total. The Bertz CT molecular complexity index is 1550. The van der Waals surface area contributed by atoms with Crippen molar-refractivity contribution in [1.29, 1.82) is 0 Å². The van der Waals surface area contributed by atoms with Gasteiger partial charge in [-0.05, 0) is 66.9 Å². The summed E-state index contributed by atoms with van der Waals surface area (Å²) in [5.74, 6) is -1.61. The highest BCUT2D eigenvalue weighted by Crippen LogP contribution is 2.43. The van der Waals surface area contributed by atoms with E-state index in [9.17, 15) is 18.4 Å². The Morgan fingerprint density at radius 3 is 2.38 bits per heavy atom. The van der Waals surface area contributed by atoms with Crippen molar-refractivity contribution in [2.45, 2.75) is 24.9 Å². The quantitative estimate of drug-likeness (QED) is 0.339. The number of hydrogen-bond donors (Lipinski definition) is 1. The SMILES string of the molecule is COc1ccc(C2c3cccn3-c3ccccc3N2C(=O)CN(C(=O)Nc2ccc(F)c(F)c2)C2CC2)cc1. The highest BCUT2D eigenvalue weighted by atomic mass is 19.2. The first kappa shape index (κ1) is 24.7. The van der Waals surface area contributed by atoms with Crippen LogP contribution in [0.3, 0.4) is 0 Å². The lowest BCUT2D eigenvalue weighted by Gasteiger charge is -2.39. The third-order valence-corrected chi connectivity index (χ3v) is 7.14. The number of ether oxygens (including phenoxy) is 1. The minimum absolute atomic E-state index is 0.109. The van der Waals surface area contributed by atoms with Gasteiger partial charge in [-0.1, -0.05) is 24.3 Å². The van der Waals surface area contributed by atoms with Crippen molar-refractivity contribution in [3.8, 4) is 11.4 Å². The monoisotopic (exact) mass is 528 g/mol. The van der Waals surface area contributed by atoms with Gasteiger partial charge >= 0.3 is 6.03 Å². The Labute approximate surface area is 224 Å². The van der Waals surface area contributed by atoms with Crippen molar-refractivity contribution in [3.63, 3.8) is 0 Å². The summed E-state index contributed by atoms with van der Waals surface area (Å²) in [4.78, 5) is 30.6. The average molecular weight is 529 g/mol. The van der Waals surface area contributed by atoms with E-state index in [1.165, 1.54) is 11.0 Å². The molecule has 39 heavy (non-hydrogen) atoms. The first-order chi connectivity index (χ1) is 18.9. The van der Waals surface area contributed by atoms with E-state index >= 15 is 0 Å². The van der Waals surface area contributed by atoms with E-state index in [4.69, 9.17) is 4.74 Å². The number of hydrogen-bond acceptors (Lipinski definition) is 3. The summed E-state index contributed by atoms with van der Waals surface area (Å²) in [7, 11) is 1.60. The molecule has 3 amide bonds. The zero-order valence-electron chi connectivity index (χ0n) is 21.2. The average Bonchev–Trinajstić information content (AvgIpc) is 3.67. The third kappa shape index (κ3) is 4.60. The summed E-state index contributed by atoms with van der Waals surface area (Å²) in [5.41, 5.74) is 3.51. The first-order valence-electron chi connectivity index (χ1n) is 12.7. The molecule has 0 spiro atoms. The maximum absolute atomic E-state index is 14.2. The number of rotatable bonds is 6. The van der Waals surface area contributed by atoms with Crippen molar-refractivity contribution in [1.82, 2.24) is 9.47 Å². The summed E-state index contributed by atoms with van der Waals surface area (Å²) in [5, 5.41) is 2.62. The van der Waals surface area contributed by atoms with Crippen LogP contribution in [0.5, 0.6) is 5.75 Å². The van der Waals surface area contributed by atoms with Crippen molar-refractivity contribution in [2.24, 2.45) is 0 Å². The van der Waals surface area contributed by atoms with Gasteiger partial charge in [0.2, 0.25) is 5.91 Å². The lowest BCUT2D eigenvalue weighted by atomic mass is 9.97. The van der Waals surface area contributed by atoms with E-state index in [-0.39, 0.29) is 24.2 Å². The van der Waals surface area contributed by atoms with Crippen LogP contribution in [0.4, 0.5) is 25.0 Å². The molecule has 9 heteroatoms. The van der Waals surface area contributed by atoms with Crippen LogP contribution in [-0.4, -0.2) is 41.1 Å². The molecular weight excluding hydrogens is 502 g/mol. The minimum atomic E-state index is -1.06. The molecule has 2 aliphatic rings. The number of benzene rings is 3. The number of halogens is 2. The number of urea groups is 1. The maximum Gasteiger partial charge on any atom is 0.322 e. The van der Waals surface area contributed by atoms with Gasteiger partial charge < -0.3 is 19.5 Å². The second-order valence-electron chi connectivity index (χ2n) is 9.65. The van der Waals surface area contributed by atoms with Gasteiger partial charge in [-0.15, -0.1) is 0 Å². The fourth-order valence-corrected chi connectivity index (χ4v) is 5.11. The van der Waals surface area contributed by atoms with Crippen molar-refractivity contribution >= 4 is 23.3 Å². The number of nitrogens with one attached hydrogen (secondary N) is 1. The number of carbonyl (C=O) groups is 2. The number of carbonyl (C=O) groups excluding carboxylic acids is 2. The minimum Gasteiger partial charge on any atom is -0.497 e. The Hall–Kier alpha value is -4.66. The predicted octanol–water partition coefficient (Wildman–Crippen LogP) is 5.90. The molecular formula is C30H26F2N4O3. The van der Waals surface area contributed by atoms with Gasteiger partial charge in [0, 0.05) is 24.0 Å². The number of nitrogens with zero attached hydrogens (tertiary/aromatic N) is 3. The van der Waals surface area contributed by atoms with Crippen molar-refractivity contribution < 1.29 is 23.1 Å². The van der Waals surface area contributed by atoms with E-state index in [2.05, 4.69) is 9.88 Å². The molecule has 1 aromatic heterocycles. The number of anilines is 2.